The predicted molar refractivity (Wildman–Crippen MR) is 107 cm³/mol. The maximum atomic E-state index is 12.1. The molecule has 4 rings (SSSR count). The second-order valence-electron chi connectivity index (χ2n) is 7.01. The fourth-order valence-electron chi connectivity index (χ4n) is 3.93. The number of nitrogens with one attached hydrogen (secondary N) is 2. The van der Waals surface area contributed by atoms with Gasteiger partial charge in [-0.1, -0.05) is 18.2 Å². The number of fused-ring (bicyclic) bond motifs is 2. The molecule has 6 nitrogen and oxygen atoms in total. The Bertz CT molecular complexity index is 834. The third-order valence-corrected chi connectivity index (χ3v) is 5.29. The number of carbonyl (C=O) groups excluding carboxylic acids is 1. The zero-order valence-corrected chi connectivity index (χ0v) is 16.2. The van der Waals surface area contributed by atoms with E-state index in [0.29, 0.717) is 13.1 Å². The summed E-state index contributed by atoms with van der Waals surface area (Å²) in [7, 11) is 1.66. The molecule has 0 radical (unpaired) electrons. The highest BCUT2D eigenvalue weighted by Crippen LogP contribution is 2.40. The Balaban J connectivity index is 1.27. The van der Waals surface area contributed by atoms with Crippen LogP contribution in [0.15, 0.2) is 30.3 Å². The number of ether oxygens (including phenoxy) is 3. The van der Waals surface area contributed by atoms with Crippen molar-refractivity contribution in [1.29, 1.82) is 0 Å². The van der Waals surface area contributed by atoms with Gasteiger partial charge >= 0.3 is 6.03 Å². The van der Waals surface area contributed by atoms with Crippen molar-refractivity contribution in [2.24, 2.45) is 0 Å². The fraction of sp³-hybridized carbons (Fsp3) is 0.409. The van der Waals surface area contributed by atoms with Crippen LogP contribution in [0.4, 0.5) is 4.79 Å². The van der Waals surface area contributed by atoms with Gasteiger partial charge in [0, 0.05) is 42.6 Å². The number of hydrogen-bond donors (Lipinski definition) is 2. The minimum Gasteiger partial charge on any atom is -0.496 e. The van der Waals surface area contributed by atoms with Crippen molar-refractivity contribution in [2.45, 2.75) is 25.7 Å². The van der Waals surface area contributed by atoms with Crippen molar-refractivity contribution < 1.29 is 19.0 Å². The van der Waals surface area contributed by atoms with Crippen LogP contribution in [-0.2, 0) is 25.7 Å². The van der Waals surface area contributed by atoms with Crippen molar-refractivity contribution in [3.63, 3.8) is 0 Å². The Hall–Kier alpha value is -2.89. The number of hydrogen-bond acceptors (Lipinski definition) is 4. The molecule has 2 amide bonds. The summed E-state index contributed by atoms with van der Waals surface area (Å²) in [5.41, 5.74) is 4.73. The van der Waals surface area contributed by atoms with E-state index in [-0.39, 0.29) is 6.03 Å². The van der Waals surface area contributed by atoms with Gasteiger partial charge in [-0.05, 0) is 30.5 Å². The molecule has 0 bridgehead atoms. The maximum Gasteiger partial charge on any atom is 0.314 e. The average Bonchev–Trinajstić information content (AvgIpc) is 3.37. The lowest BCUT2D eigenvalue weighted by atomic mass is 9.97. The van der Waals surface area contributed by atoms with Gasteiger partial charge in [0.1, 0.15) is 17.2 Å². The van der Waals surface area contributed by atoms with Gasteiger partial charge < -0.3 is 24.8 Å². The van der Waals surface area contributed by atoms with Crippen LogP contribution in [0.3, 0.4) is 0 Å². The number of methoxy groups -OCH3 is 1. The average molecular weight is 382 g/mol. The molecule has 0 unspecified atom stereocenters. The Labute approximate surface area is 165 Å². The Morgan fingerprint density at radius 1 is 1.07 bits per heavy atom. The van der Waals surface area contributed by atoms with E-state index in [1.54, 1.807) is 7.11 Å². The number of amides is 2. The highest BCUT2D eigenvalue weighted by molar-refractivity contribution is 5.73. The standard InChI is InChI=1S/C22H26N2O4/c1-26-19-5-3-2-4-15(19)6-10-23-22(25)24-11-7-18-17-9-13-27-20(17)14-16-8-12-28-21(16)18/h2-5,14H,6-13H2,1H3,(H2,23,24,25). The molecule has 0 spiro atoms. The number of carbonyl (C=O) groups is 1. The molecule has 0 atom stereocenters. The van der Waals surface area contributed by atoms with Crippen LogP contribution in [0.1, 0.15) is 22.3 Å². The van der Waals surface area contributed by atoms with E-state index in [1.165, 1.54) is 16.7 Å². The van der Waals surface area contributed by atoms with Crippen molar-refractivity contribution in [2.75, 3.05) is 33.4 Å². The molecule has 28 heavy (non-hydrogen) atoms. The number of para-hydroxylation sites is 1. The van der Waals surface area contributed by atoms with Gasteiger partial charge in [-0.2, -0.15) is 0 Å². The number of urea groups is 1. The van der Waals surface area contributed by atoms with Crippen LogP contribution in [0.2, 0.25) is 0 Å². The van der Waals surface area contributed by atoms with Crippen LogP contribution in [0, 0.1) is 0 Å². The molecule has 0 fully saturated rings. The van der Waals surface area contributed by atoms with E-state index in [2.05, 4.69) is 16.7 Å². The summed E-state index contributed by atoms with van der Waals surface area (Å²) in [5, 5.41) is 5.86. The van der Waals surface area contributed by atoms with E-state index in [0.717, 1.165) is 61.7 Å². The molecular formula is C22H26N2O4. The zero-order chi connectivity index (χ0) is 19.3. The summed E-state index contributed by atoms with van der Waals surface area (Å²) in [4.78, 5) is 12.1. The van der Waals surface area contributed by atoms with Crippen molar-refractivity contribution in [3.05, 3.63) is 52.6 Å². The summed E-state index contributed by atoms with van der Waals surface area (Å²) in [5.74, 6) is 2.84. The second kappa shape index (κ2) is 8.42. The minimum atomic E-state index is -0.156. The molecule has 2 aromatic carbocycles. The molecular weight excluding hydrogens is 356 g/mol. The third-order valence-electron chi connectivity index (χ3n) is 5.29. The van der Waals surface area contributed by atoms with E-state index in [4.69, 9.17) is 14.2 Å². The van der Waals surface area contributed by atoms with E-state index in [1.807, 2.05) is 24.3 Å². The van der Waals surface area contributed by atoms with E-state index >= 15 is 0 Å². The van der Waals surface area contributed by atoms with Crippen LogP contribution in [0.5, 0.6) is 17.2 Å². The molecule has 0 aromatic heterocycles. The normalized spacial score (nSPS) is 13.9. The lowest BCUT2D eigenvalue weighted by molar-refractivity contribution is 0.241. The van der Waals surface area contributed by atoms with Crippen LogP contribution < -0.4 is 24.8 Å². The van der Waals surface area contributed by atoms with Gasteiger partial charge in [-0.15, -0.1) is 0 Å². The van der Waals surface area contributed by atoms with Crippen molar-refractivity contribution in [3.8, 4) is 17.2 Å². The SMILES string of the molecule is COc1ccccc1CCNC(=O)NCCc1c2c(cc3c1OCC3)OCC2. The fourth-order valence-corrected chi connectivity index (χ4v) is 3.93. The third kappa shape index (κ3) is 3.86. The molecule has 0 saturated carbocycles. The lowest BCUT2D eigenvalue weighted by Gasteiger charge is -2.14. The van der Waals surface area contributed by atoms with E-state index in [9.17, 15) is 4.79 Å². The highest BCUT2D eigenvalue weighted by Gasteiger charge is 2.26. The smallest absolute Gasteiger partial charge is 0.314 e. The lowest BCUT2D eigenvalue weighted by Crippen LogP contribution is -2.37. The van der Waals surface area contributed by atoms with Crippen molar-refractivity contribution in [1.82, 2.24) is 10.6 Å². The Kier molecular flexibility index (Phi) is 5.55. The first-order valence-corrected chi connectivity index (χ1v) is 9.83. The first kappa shape index (κ1) is 18.5. The van der Waals surface area contributed by atoms with E-state index < -0.39 is 0 Å². The van der Waals surface area contributed by atoms with Crippen LogP contribution in [0.25, 0.3) is 0 Å². The molecule has 2 aromatic rings. The van der Waals surface area contributed by atoms with Gasteiger partial charge in [0.15, 0.2) is 0 Å². The van der Waals surface area contributed by atoms with Gasteiger partial charge in [0.25, 0.3) is 0 Å². The molecule has 2 heterocycles. The number of benzene rings is 2. The predicted octanol–water partition coefficient (Wildman–Crippen LogP) is 2.65. The van der Waals surface area contributed by atoms with Crippen LogP contribution >= 0.6 is 0 Å². The second-order valence-corrected chi connectivity index (χ2v) is 7.01. The summed E-state index contributed by atoms with van der Waals surface area (Å²) in [6.07, 6.45) is 3.30. The molecule has 2 aliphatic heterocycles. The monoisotopic (exact) mass is 382 g/mol. The molecule has 2 aliphatic rings. The molecule has 148 valence electrons. The largest absolute Gasteiger partial charge is 0.496 e. The highest BCUT2D eigenvalue weighted by atomic mass is 16.5. The Morgan fingerprint density at radius 3 is 2.71 bits per heavy atom. The Morgan fingerprint density at radius 2 is 1.86 bits per heavy atom. The molecule has 0 saturated heterocycles. The first-order chi connectivity index (χ1) is 13.8. The maximum absolute atomic E-state index is 12.1. The zero-order valence-electron chi connectivity index (χ0n) is 16.2. The quantitative estimate of drug-likeness (QED) is 0.773. The summed E-state index contributed by atoms with van der Waals surface area (Å²) >= 11 is 0. The van der Waals surface area contributed by atoms with Gasteiger partial charge in [0.05, 0.1) is 20.3 Å². The molecule has 2 N–H and O–H groups in total. The van der Waals surface area contributed by atoms with Crippen LogP contribution in [-0.4, -0.2) is 39.4 Å². The number of rotatable bonds is 7. The summed E-state index contributed by atoms with van der Waals surface area (Å²) in [6.45, 7) is 2.57. The molecule has 6 heteroatoms. The topological polar surface area (TPSA) is 68.8 Å². The van der Waals surface area contributed by atoms with Gasteiger partial charge in [-0.3, -0.25) is 0 Å². The molecule has 0 aliphatic carbocycles. The van der Waals surface area contributed by atoms with Gasteiger partial charge in [-0.25, -0.2) is 4.79 Å². The minimum absolute atomic E-state index is 0.156. The first-order valence-electron chi connectivity index (χ1n) is 9.83. The van der Waals surface area contributed by atoms with Gasteiger partial charge in [0.2, 0.25) is 0 Å². The van der Waals surface area contributed by atoms with Crippen molar-refractivity contribution >= 4 is 6.03 Å². The summed E-state index contributed by atoms with van der Waals surface area (Å²) < 4.78 is 16.9. The summed E-state index contributed by atoms with van der Waals surface area (Å²) in [6, 6.07) is 9.81.